The number of benzene rings is 1. The number of anilines is 1. The third-order valence-corrected chi connectivity index (χ3v) is 6.58. The molecule has 0 spiro atoms. The lowest BCUT2D eigenvalue weighted by atomic mass is 9.80. The number of hydrogen-bond acceptors (Lipinski definition) is 9. The Morgan fingerprint density at radius 1 is 0.919 bits per heavy atom. The summed E-state index contributed by atoms with van der Waals surface area (Å²) in [4.78, 5) is 38.2. The maximum Gasteiger partial charge on any atom is 0.517 e. The molecule has 0 aromatic heterocycles. The molecule has 0 saturated carbocycles. The van der Waals surface area contributed by atoms with E-state index >= 15 is 0 Å². The zero-order valence-electron chi connectivity index (χ0n) is 20.8. The van der Waals surface area contributed by atoms with Gasteiger partial charge in [0.25, 0.3) is 0 Å². The van der Waals surface area contributed by atoms with Crippen molar-refractivity contribution in [2.24, 2.45) is 0 Å². The molecule has 0 fully saturated rings. The first-order valence-corrected chi connectivity index (χ1v) is 12.6. The Morgan fingerprint density at radius 3 is 1.84 bits per heavy atom. The smallest absolute Gasteiger partial charge is 0.463 e. The highest BCUT2D eigenvalue weighted by molar-refractivity contribution is 7.94. The SMILES string of the molecule is CCOC(=O)C1=C(C)NC(C)=C(C(=O)OCC)C1c1cccc(N(C(=O)OCC)S(=O)(=O)C(F)(F)F)c1. The average molecular weight is 549 g/mol. The van der Waals surface area contributed by atoms with E-state index < -0.39 is 56.1 Å². The molecule has 1 heterocycles. The van der Waals surface area contributed by atoms with Crippen LogP contribution in [0.15, 0.2) is 46.8 Å². The van der Waals surface area contributed by atoms with Crippen molar-refractivity contribution in [2.45, 2.75) is 46.0 Å². The van der Waals surface area contributed by atoms with Gasteiger partial charge >= 0.3 is 33.6 Å². The van der Waals surface area contributed by atoms with Crippen molar-refractivity contribution in [3.8, 4) is 0 Å². The fourth-order valence-electron chi connectivity index (χ4n) is 3.74. The first-order valence-electron chi connectivity index (χ1n) is 11.1. The number of alkyl halides is 3. The average Bonchev–Trinajstić information content (AvgIpc) is 2.78. The number of sulfonamides is 1. The van der Waals surface area contributed by atoms with Crippen LogP contribution in [0.5, 0.6) is 0 Å². The Morgan fingerprint density at radius 2 is 1.41 bits per heavy atom. The van der Waals surface area contributed by atoms with Gasteiger partial charge in [-0.25, -0.2) is 14.4 Å². The third-order valence-electron chi connectivity index (χ3n) is 5.16. The van der Waals surface area contributed by atoms with Crippen LogP contribution in [-0.2, 0) is 33.8 Å². The molecule has 1 aromatic carbocycles. The van der Waals surface area contributed by atoms with Crippen LogP contribution >= 0.6 is 0 Å². The van der Waals surface area contributed by atoms with Gasteiger partial charge in [-0.3, -0.25) is 0 Å². The van der Waals surface area contributed by atoms with Crippen LogP contribution < -0.4 is 9.62 Å². The molecule has 2 rings (SSSR count). The summed E-state index contributed by atoms with van der Waals surface area (Å²) in [5.74, 6) is -2.86. The first-order chi connectivity index (χ1) is 17.2. The number of amides is 1. The van der Waals surface area contributed by atoms with E-state index in [1.807, 2.05) is 0 Å². The van der Waals surface area contributed by atoms with Crippen molar-refractivity contribution in [1.29, 1.82) is 0 Å². The maximum absolute atomic E-state index is 13.4. The number of nitrogens with zero attached hydrogens (tertiary/aromatic N) is 1. The normalized spacial score (nSPS) is 14.7. The predicted octanol–water partition coefficient (Wildman–Crippen LogP) is 3.86. The van der Waals surface area contributed by atoms with E-state index in [4.69, 9.17) is 9.47 Å². The molecule has 14 heteroatoms. The second-order valence-electron chi connectivity index (χ2n) is 7.59. The Labute approximate surface area is 212 Å². The standard InChI is InChI=1S/C23H27F3N2O8S/c1-6-34-20(29)17-13(4)27-14(5)18(21(30)35-7-2)19(17)15-10-9-11-16(12-15)28(22(31)36-8-3)37(32,33)23(24,25)26/h9-12,19,27H,6-8H2,1-5H3. The molecule has 0 unspecified atom stereocenters. The van der Waals surface area contributed by atoms with Crippen LogP contribution in [0.3, 0.4) is 0 Å². The molecule has 0 atom stereocenters. The van der Waals surface area contributed by atoms with E-state index in [0.29, 0.717) is 11.4 Å². The number of halogens is 3. The van der Waals surface area contributed by atoms with E-state index in [1.54, 1.807) is 13.8 Å². The number of carbonyl (C=O) groups excluding carboxylic acids is 3. The van der Waals surface area contributed by atoms with Gasteiger partial charge in [0, 0.05) is 11.4 Å². The fourth-order valence-corrected chi connectivity index (χ4v) is 4.59. The van der Waals surface area contributed by atoms with Crippen molar-refractivity contribution < 1.29 is 50.2 Å². The molecule has 0 aliphatic carbocycles. The number of dihydropyridines is 1. The van der Waals surface area contributed by atoms with Crippen molar-refractivity contribution >= 4 is 33.7 Å². The predicted molar refractivity (Wildman–Crippen MR) is 125 cm³/mol. The maximum atomic E-state index is 13.4. The minimum absolute atomic E-state index is 0.0136. The monoisotopic (exact) mass is 548 g/mol. The summed E-state index contributed by atoms with van der Waals surface area (Å²) in [5, 5.41) is 2.90. The molecule has 204 valence electrons. The fraction of sp³-hybridized carbons (Fsp3) is 0.435. The van der Waals surface area contributed by atoms with Gasteiger partial charge in [-0.1, -0.05) is 12.1 Å². The summed E-state index contributed by atoms with van der Waals surface area (Å²) in [5.41, 5.74) is -6.02. The summed E-state index contributed by atoms with van der Waals surface area (Å²) in [6, 6.07) is 4.45. The summed E-state index contributed by atoms with van der Waals surface area (Å²) >= 11 is 0. The molecule has 1 aliphatic rings. The molecule has 1 N–H and O–H groups in total. The van der Waals surface area contributed by atoms with Gasteiger partial charge < -0.3 is 19.5 Å². The second kappa shape index (κ2) is 11.7. The summed E-state index contributed by atoms with van der Waals surface area (Å²) in [7, 11) is -6.22. The summed E-state index contributed by atoms with van der Waals surface area (Å²) in [6.45, 7) is 7.06. The molecule has 0 bridgehead atoms. The van der Waals surface area contributed by atoms with Crippen LogP contribution in [0.2, 0.25) is 0 Å². The van der Waals surface area contributed by atoms with Crippen molar-refractivity contribution in [3.63, 3.8) is 0 Å². The van der Waals surface area contributed by atoms with E-state index in [2.05, 4.69) is 10.1 Å². The van der Waals surface area contributed by atoms with Crippen LogP contribution in [0.1, 0.15) is 46.1 Å². The molecule has 37 heavy (non-hydrogen) atoms. The molecular formula is C23H27F3N2O8S. The number of allylic oxidation sites excluding steroid dienone is 2. The van der Waals surface area contributed by atoms with E-state index in [-0.39, 0.29) is 29.9 Å². The first kappa shape index (κ1) is 29.7. The number of esters is 2. The van der Waals surface area contributed by atoms with Gasteiger partial charge in [-0.2, -0.15) is 25.9 Å². The third kappa shape index (κ3) is 6.06. The lowest BCUT2D eigenvalue weighted by Crippen LogP contribution is -2.45. The molecule has 0 saturated heterocycles. The van der Waals surface area contributed by atoms with Crippen LogP contribution in [0.25, 0.3) is 0 Å². The van der Waals surface area contributed by atoms with Crippen molar-refractivity contribution in [1.82, 2.24) is 5.32 Å². The van der Waals surface area contributed by atoms with Gasteiger partial charge in [-0.05, 0) is 52.3 Å². The second-order valence-corrected chi connectivity index (χ2v) is 9.36. The Bertz CT molecular complexity index is 1200. The lowest BCUT2D eigenvalue weighted by Gasteiger charge is -2.31. The lowest BCUT2D eigenvalue weighted by molar-refractivity contribution is -0.139. The van der Waals surface area contributed by atoms with E-state index in [9.17, 15) is 36.0 Å². The van der Waals surface area contributed by atoms with E-state index in [0.717, 1.165) is 12.1 Å². The highest BCUT2D eigenvalue weighted by Crippen LogP contribution is 2.41. The van der Waals surface area contributed by atoms with Gasteiger partial charge in [0.05, 0.1) is 42.6 Å². The van der Waals surface area contributed by atoms with Crippen molar-refractivity contribution in [2.75, 3.05) is 24.1 Å². The quantitative estimate of drug-likeness (QED) is 0.380. The van der Waals surface area contributed by atoms with Gasteiger partial charge in [0.15, 0.2) is 0 Å². The molecule has 1 aromatic rings. The highest BCUT2D eigenvalue weighted by Gasteiger charge is 2.53. The highest BCUT2D eigenvalue weighted by atomic mass is 32.2. The van der Waals surface area contributed by atoms with E-state index in [1.165, 1.54) is 32.9 Å². The Hall–Kier alpha value is -3.55. The topological polar surface area (TPSA) is 128 Å². The number of carbonyl (C=O) groups is 3. The Balaban J connectivity index is 2.83. The Kier molecular flexibility index (Phi) is 9.36. The minimum Gasteiger partial charge on any atom is -0.463 e. The molecule has 1 aliphatic heterocycles. The molecule has 0 radical (unpaired) electrons. The number of rotatable bonds is 8. The number of ether oxygens (including phenoxy) is 3. The number of nitrogens with one attached hydrogen (secondary N) is 1. The van der Waals surface area contributed by atoms with Crippen LogP contribution in [0, 0.1) is 0 Å². The van der Waals surface area contributed by atoms with Gasteiger partial charge in [0.1, 0.15) is 0 Å². The summed E-state index contributed by atoms with van der Waals surface area (Å²) in [6.07, 6.45) is -1.78. The van der Waals surface area contributed by atoms with Crippen LogP contribution in [-0.4, -0.2) is 51.8 Å². The van der Waals surface area contributed by atoms with Crippen molar-refractivity contribution in [3.05, 3.63) is 52.4 Å². The van der Waals surface area contributed by atoms with Gasteiger partial charge in [0.2, 0.25) is 0 Å². The summed E-state index contributed by atoms with van der Waals surface area (Å²) < 4.78 is 79.3. The molecule has 10 nitrogen and oxygen atoms in total. The molecule has 1 amide bonds. The zero-order chi connectivity index (χ0) is 28.1. The largest absolute Gasteiger partial charge is 0.517 e. The van der Waals surface area contributed by atoms with Crippen LogP contribution in [0.4, 0.5) is 23.7 Å². The van der Waals surface area contributed by atoms with Gasteiger partial charge in [-0.15, -0.1) is 0 Å². The molecular weight excluding hydrogens is 521 g/mol. The zero-order valence-corrected chi connectivity index (χ0v) is 21.6. The minimum atomic E-state index is -6.22. The number of hydrogen-bond donors (Lipinski definition) is 1.